The molecule has 0 aliphatic heterocycles. The number of hydrogen-bond donors (Lipinski definition) is 1. The molecule has 1 amide bonds. The molecule has 5 aromatic rings. The largest absolute Gasteiger partial charge is 0.461 e. The van der Waals surface area contributed by atoms with Crippen molar-refractivity contribution in [1.29, 1.82) is 0 Å². The maximum absolute atomic E-state index is 13.1. The van der Waals surface area contributed by atoms with Gasteiger partial charge in [-0.15, -0.1) is 10.2 Å². The van der Waals surface area contributed by atoms with Crippen molar-refractivity contribution in [2.45, 2.75) is 24.7 Å². The quantitative estimate of drug-likeness (QED) is 0.336. The van der Waals surface area contributed by atoms with Crippen LogP contribution >= 0.6 is 11.8 Å². The molecule has 0 radical (unpaired) electrons. The molecule has 1 N–H and O–H groups in total. The molecule has 0 fully saturated rings. The summed E-state index contributed by atoms with van der Waals surface area (Å²) in [6.07, 6.45) is 1.61. The minimum absolute atomic E-state index is 0.115. The number of thioether (sulfide) groups is 1. The summed E-state index contributed by atoms with van der Waals surface area (Å²) in [5.41, 5.74) is 2.88. The van der Waals surface area contributed by atoms with Crippen LogP contribution in [0.25, 0.3) is 22.6 Å². The number of para-hydroxylation sites is 2. The molecular weight excluding hydrogens is 448 g/mol. The number of amides is 1. The molecule has 5 rings (SSSR count). The summed E-state index contributed by atoms with van der Waals surface area (Å²) in [5, 5.41) is 12.4. The molecule has 9 heteroatoms. The minimum Gasteiger partial charge on any atom is -0.461 e. The zero-order valence-corrected chi connectivity index (χ0v) is 19.7. The van der Waals surface area contributed by atoms with Crippen molar-refractivity contribution in [3.8, 4) is 11.6 Å². The van der Waals surface area contributed by atoms with Crippen molar-refractivity contribution in [3.05, 3.63) is 84.4 Å². The number of fused-ring (bicyclic) bond motifs is 1. The van der Waals surface area contributed by atoms with E-state index in [1.54, 1.807) is 6.26 Å². The van der Waals surface area contributed by atoms with Crippen LogP contribution in [0.2, 0.25) is 0 Å². The van der Waals surface area contributed by atoms with Crippen LogP contribution in [-0.4, -0.2) is 36.0 Å². The van der Waals surface area contributed by atoms with Crippen molar-refractivity contribution in [2.75, 3.05) is 5.75 Å². The van der Waals surface area contributed by atoms with Crippen molar-refractivity contribution < 1.29 is 9.21 Å². The Hall–Kier alpha value is -3.85. The van der Waals surface area contributed by atoms with Gasteiger partial charge >= 0.3 is 0 Å². The Morgan fingerprint density at radius 1 is 1.06 bits per heavy atom. The molecule has 0 saturated heterocycles. The number of benzene rings is 2. The Morgan fingerprint density at radius 3 is 2.59 bits per heavy atom. The number of aryl methyl sites for hydroxylation is 1. The van der Waals surface area contributed by atoms with Gasteiger partial charge in [0.1, 0.15) is 11.9 Å². The lowest BCUT2D eigenvalue weighted by molar-refractivity contribution is -0.119. The second kappa shape index (κ2) is 9.56. The van der Waals surface area contributed by atoms with Gasteiger partial charge in [0.2, 0.25) is 5.91 Å². The third kappa shape index (κ3) is 4.22. The summed E-state index contributed by atoms with van der Waals surface area (Å²) >= 11 is 1.35. The normalized spacial score (nSPS) is 12.2. The third-order valence-electron chi connectivity index (χ3n) is 5.63. The molecule has 0 bridgehead atoms. The maximum Gasteiger partial charge on any atom is 0.231 e. The molecule has 1 unspecified atom stereocenters. The van der Waals surface area contributed by atoms with E-state index in [9.17, 15) is 4.79 Å². The molecule has 0 saturated carbocycles. The summed E-state index contributed by atoms with van der Waals surface area (Å²) in [6, 6.07) is 21.1. The number of furan rings is 1. The van der Waals surface area contributed by atoms with E-state index in [-0.39, 0.29) is 17.7 Å². The van der Waals surface area contributed by atoms with Gasteiger partial charge in [-0.1, -0.05) is 54.2 Å². The van der Waals surface area contributed by atoms with E-state index < -0.39 is 0 Å². The summed E-state index contributed by atoms with van der Waals surface area (Å²) in [4.78, 5) is 17.9. The zero-order chi connectivity index (χ0) is 23.5. The van der Waals surface area contributed by atoms with Crippen LogP contribution in [0.4, 0.5) is 0 Å². The van der Waals surface area contributed by atoms with E-state index >= 15 is 0 Å². The molecule has 3 heterocycles. The molecule has 0 spiro atoms. The molecule has 3 aromatic heterocycles. The molecule has 8 nitrogen and oxygen atoms in total. The van der Waals surface area contributed by atoms with Gasteiger partial charge in [-0.3, -0.25) is 9.36 Å². The highest BCUT2D eigenvalue weighted by Crippen LogP contribution is 2.27. The number of nitrogens with zero attached hydrogens (tertiary/aromatic N) is 5. The fourth-order valence-electron chi connectivity index (χ4n) is 3.97. The highest BCUT2D eigenvalue weighted by molar-refractivity contribution is 7.99. The SMILES string of the molecule is CCn1c(SCC(=O)NC(c2ccccc2)c2nc3ccccc3n2C)nnc1-c1ccco1. The number of carbonyl (C=O) groups excluding carboxylic acids is 1. The Balaban J connectivity index is 1.37. The average Bonchev–Trinajstić information content (AvgIpc) is 3.61. The lowest BCUT2D eigenvalue weighted by Crippen LogP contribution is -2.32. The third-order valence-corrected chi connectivity index (χ3v) is 6.59. The van der Waals surface area contributed by atoms with Crippen LogP contribution in [0.1, 0.15) is 24.4 Å². The van der Waals surface area contributed by atoms with Crippen LogP contribution in [0.15, 0.2) is 82.6 Å². The summed E-state index contributed by atoms with van der Waals surface area (Å²) < 4.78 is 9.44. The second-order valence-electron chi connectivity index (χ2n) is 7.75. The van der Waals surface area contributed by atoms with Crippen LogP contribution in [-0.2, 0) is 18.4 Å². The van der Waals surface area contributed by atoms with Crippen LogP contribution in [0.3, 0.4) is 0 Å². The smallest absolute Gasteiger partial charge is 0.231 e. The first kappa shape index (κ1) is 22.0. The first-order valence-electron chi connectivity index (χ1n) is 11.0. The van der Waals surface area contributed by atoms with Crippen LogP contribution < -0.4 is 5.32 Å². The first-order valence-corrected chi connectivity index (χ1v) is 12.0. The number of aromatic nitrogens is 5. The van der Waals surface area contributed by atoms with Crippen molar-refractivity contribution in [1.82, 2.24) is 29.6 Å². The van der Waals surface area contributed by atoms with Crippen molar-refractivity contribution in [2.24, 2.45) is 7.05 Å². The average molecular weight is 473 g/mol. The van der Waals surface area contributed by atoms with Gasteiger partial charge in [-0.2, -0.15) is 0 Å². The topological polar surface area (TPSA) is 90.8 Å². The maximum atomic E-state index is 13.1. The molecule has 1 atom stereocenters. The van der Waals surface area contributed by atoms with Gasteiger partial charge in [0.05, 0.1) is 23.0 Å². The van der Waals surface area contributed by atoms with E-state index in [1.165, 1.54) is 11.8 Å². The summed E-state index contributed by atoms with van der Waals surface area (Å²) in [7, 11) is 1.97. The van der Waals surface area contributed by atoms with E-state index in [0.29, 0.717) is 23.3 Å². The Labute approximate surface area is 201 Å². The van der Waals surface area contributed by atoms with Gasteiger partial charge in [0, 0.05) is 13.6 Å². The minimum atomic E-state index is -0.380. The second-order valence-corrected chi connectivity index (χ2v) is 8.69. The van der Waals surface area contributed by atoms with E-state index in [0.717, 1.165) is 22.4 Å². The Morgan fingerprint density at radius 2 is 1.85 bits per heavy atom. The summed E-state index contributed by atoms with van der Waals surface area (Å²) in [6.45, 7) is 2.68. The number of rotatable bonds is 8. The molecule has 0 aliphatic rings. The molecule has 0 aliphatic carbocycles. The predicted molar refractivity (Wildman–Crippen MR) is 131 cm³/mol. The monoisotopic (exact) mass is 472 g/mol. The molecular formula is C25H24N6O2S. The highest BCUT2D eigenvalue weighted by Gasteiger charge is 2.23. The number of nitrogens with one attached hydrogen (secondary N) is 1. The number of carbonyl (C=O) groups is 1. The number of imidazole rings is 1. The standard InChI is InChI=1S/C25H24N6O2S/c1-3-31-23(20-14-9-15-33-20)28-29-25(31)34-16-21(32)27-22(17-10-5-4-6-11-17)24-26-18-12-7-8-13-19(18)30(24)2/h4-15,22H,3,16H2,1-2H3,(H,27,32). The van der Waals surface area contributed by atoms with E-state index in [2.05, 4.69) is 15.5 Å². The van der Waals surface area contributed by atoms with Crippen molar-refractivity contribution >= 4 is 28.7 Å². The lowest BCUT2D eigenvalue weighted by atomic mass is 10.1. The van der Waals surface area contributed by atoms with Gasteiger partial charge in [-0.05, 0) is 36.8 Å². The number of hydrogen-bond acceptors (Lipinski definition) is 6. The van der Waals surface area contributed by atoms with Crippen LogP contribution in [0, 0.1) is 0 Å². The predicted octanol–water partition coefficient (Wildman–Crippen LogP) is 4.44. The van der Waals surface area contributed by atoms with E-state index in [1.807, 2.05) is 89.8 Å². The first-order chi connectivity index (χ1) is 16.7. The molecule has 34 heavy (non-hydrogen) atoms. The molecule has 2 aromatic carbocycles. The van der Waals surface area contributed by atoms with Gasteiger partial charge < -0.3 is 14.3 Å². The van der Waals surface area contributed by atoms with Crippen molar-refractivity contribution in [3.63, 3.8) is 0 Å². The fraction of sp³-hybridized carbons (Fsp3) is 0.200. The van der Waals surface area contributed by atoms with Gasteiger partial charge in [0.25, 0.3) is 0 Å². The van der Waals surface area contributed by atoms with Gasteiger partial charge in [-0.25, -0.2) is 4.98 Å². The fourth-order valence-corrected chi connectivity index (χ4v) is 4.78. The van der Waals surface area contributed by atoms with Crippen LogP contribution in [0.5, 0.6) is 0 Å². The lowest BCUT2D eigenvalue weighted by Gasteiger charge is -2.19. The van der Waals surface area contributed by atoms with Gasteiger partial charge in [0.15, 0.2) is 16.7 Å². The zero-order valence-electron chi connectivity index (χ0n) is 18.9. The summed E-state index contributed by atoms with van der Waals surface area (Å²) in [5.74, 6) is 2.16. The Bertz CT molecular complexity index is 1410. The Kier molecular flexibility index (Phi) is 6.18. The van der Waals surface area contributed by atoms with E-state index in [4.69, 9.17) is 9.40 Å². The molecule has 172 valence electrons. The highest BCUT2D eigenvalue weighted by atomic mass is 32.2.